The molecule has 3 nitrogen and oxygen atoms in total. The Balaban J connectivity index is 2.69. The number of rotatable bonds is 2. The van der Waals surface area contributed by atoms with Crippen LogP contribution < -0.4 is 5.32 Å². The summed E-state index contributed by atoms with van der Waals surface area (Å²) in [7, 11) is 0. The third-order valence-corrected chi connectivity index (χ3v) is 1.25. The van der Waals surface area contributed by atoms with Crippen molar-refractivity contribution in [1.82, 2.24) is 0 Å². The zero-order chi connectivity index (χ0) is 8.97. The van der Waals surface area contributed by atoms with Gasteiger partial charge in [0.05, 0.1) is 0 Å². The van der Waals surface area contributed by atoms with Gasteiger partial charge in [0.15, 0.2) is 0 Å². The molecule has 1 aromatic carbocycles. The molecule has 2 N–H and O–H groups in total. The Kier molecular flexibility index (Phi) is 2.76. The Bertz CT molecular complexity index is 288. The Morgan fingerprint density at radius 1 is 1.58 bits per heavy atom. The summed E-state index contributed by atoms with van der Waals surface area (Å²) >= 11 is 0. The largest absolute Gasteiger partial charge is 0.387 e. The minimum absolute atomic E-state index is 0.342. The lowest BCUT2D eigenvalue weighted by atomic mass is 10.3. The molecular weight excluding hydrogens is 161 g/mol. The second kappa shape index (κ2) is 3.82. The Morgan fingerprint density at radius 2 is 2.33 bits per heavy atom. The van der Waals surface area contributed by atoms with E-state index in [-0.39, 0.29) is 0 Å². The fourth-order valence-electron chi connectivity index (χ4n) is 0.767. The number of hydrogen-bond acceptors (Lipinski definition) is 2. The predicted octanol–water partition coefficient (Wildman–Crippen LogP) is 0.757. The van der Waals surface area contributed by atoms with Gasteiger partial charge < -0.3 is 10.4 Å². The van der Waals surface area contributed by atoms with Gasteiger partial charge in [-0.1, -0.05) is 6.07 Å². The van der Waals surface area contributed by atoms with E-state index in [2.05, 4.69) is 5.32 Å². The zero-order valence-electron chi connectivity index (χ0n) is 6.25. The molecule has 0 spiro atoms. The van der Waals surface area contributed by atoms with E-state index in [0.717, 1.165) is 0 Å². The number of hydrogen-bond donors (Lipinski definition) is 2. The molecule has 0 saturated carbocycles. The minimum Gasteiger partial charge on any atom is -0.387 e. The van der Waals surface area contributed by atoms with E-state index in [0.29, 0.717) is 5.69 Å². The lowest BCUT2D eigenvalue weighted by molar-refractivity contribution is -0.118. The van der Waals surface area contributed by atoms with Gasteiger partial charge in [-0.15, -0.1) is 0 Å². The lowest BCUT2D eigenvalue weighted by Crippen LogP contribution is -2.15. The Morgan fingerprint density at radius 3 is 2.92 bits per heavy atom. The molecule has 0 aliphatic heterocycles. The van der Waals surface area contributed by atoms with Crippen LogP contribution in [-0.4, -0.2) is 17.6 Å². The number of anilines is 1. The standard InChI is InChI=1S/C8H8FNO2/c9-6-2-1-3-7(4-6)10-8(12)5-11/h1-4,11H,5H2,(H,10,12). The first kappa shape index (κ1) is 8.67. The van der Waals surface area contributed by atoms with Crippen LogP contribution in [0.25, 0.3) is 0 Å². The number of amides is 1. The molecule has 4 heteroatoms. The van der Waals surface area contributed by atoms with Crippen molar-refractivity contribution in [3.8, 4) is 0 Å². The fraction of sp³-hybridized carbons (Fsp3) is 0.125. The molecule has 1 aromatic rings. The summed E-state index contributed by atoms with van der Waals surface area (Å²) in [6.45, 7) is -0.601. The van der Waals surface area contributed by atoms with E-state index in [1.807, 2.05) is 0 Å². The van der Waals surface area contributed by atoms with Crippen LogP contribution in [0.4, 0.5) is 10.1 Å². The number of aliphatic hydroxyl groups is 1. The summed E-state index contributed by atoms with van der Waals surface area (Å²) in [5, 5.41) is 10.7. The van der Waals surface area contributed by atoms with Crippen molar-refractivity contribution in [2.45, 2.75) is 0 Å². The zero-order valence-corrected chi connectivity index (χ0v) is 6.25. The third-order valence-electron chi connectivity index (χ3n) is 1.25. The van der Waals surface area contributed by atoms with Crippen LogP contribution in [0.5, 0.6) is 0 Å². The second-order valence-electron chi connectivity index (χ2n) is 2.22. The summed E-state index contributed by atoms with van der Waals surface area (Å²) in [5.41, 5.74) is 0.342. The van der Waals surface area contributed by atoms with Crippen molar-refractivity contribution in [1.29, 1.82) is 0 Å². The van der Waals surface area contributed by atoms with Crippen molar-refractivity contribution in [3.63, 3.8) is 0 Å². The van der Waals surface area contributed by atoms with Gasteiger partial charge in [-0.05, 0) is 18.2 Å². The Labute approximate surface area is 68.8 Å². The van der Waals surface area contributed by atoms with E-state index in [4.69, 9.17) is 5.11 Å². The summed E-state index contributed by atoms with van der Waals surface area (Å²) in [6.07, 6.45) is 0. The Hall–Kier alpha value is -1.42. The van der Waals surface area contributed by atoms with Crippen molar-refractivity contribution in [2.75, 3.05) is 11.9 Å². The summed E-state index contributed by atoms with van der Waals surface area (Å²) in [4.78, 5) is 10.6. The maximum absolute atomic E-state index is 12.5. The van der Waals surface area contributed by atoms with Gasteiger partial charge in [-0.3, -0.25) is 4.79 Å². The number of aliphatic hydroxyl groups excluding tert-OH is 1. The molecule has 1 rings (SSSR count). The number of halogens is 1. The lowest BCUT2D eigenvalue weighted by Gasteiger charge is -2.01. The highest BCUT2D eigenvalue weighted by atomic mass is 19.1. The molecule has 12 heavy (non-hydrogen) atoms. The first-order valence-corrected chi connectivity index (χ1v) is 3.38. The van der Waals surface area contributed by atoms with Crippen molar-refractivity contribution in [2.24, 2.45) is 0 Å². The van der Waals surface area contributed by atoms with Gasteiger partial charge >= 0.3 is 0 Å². The molecular formula is C8H8FNO2. The van der Waals surface area contributed by atoms with E-state index in [1.54, 1.807) is 0 Å². The summed E-state index contributed by atoms with van der Waals surface area (Å²) in [5.74, 6) is -0.980. The van der Waals surface area contributed by atoms with Gasteiger partial charge in [-0.25, -0.2) is 4.39 Å². The molecule has 0 heterocycles. The monoisotopic (exact) mass is 169 g/mol. The first-order valence-electron chi connectivity index (χ1n) is 3.38. The summed E-state index contributed by atoms with van der Waals surface area (Å²) in [6, 6.07) is 5.46. The molecule has 1 amide bonds. The number of carbonyl (C=O) groups is 1. The highest BCUT2D eigenvalue weighted by molar-refractivity contribution is 5.91. The average molecular weight is 169 g/mol. The highest BCUT2D eigenvalue weighted by Crippen LogP contribution is 2.08. The van der Waals surface area contributed by atoms with E-state index in [9.17, 15) is 9.18 Å². The van der Waals surface area contributed by atoms with Crippen LogP contribution in [-0.2, 0) is 4.79 Å². The van der Waals surface area contributed by atoms with Crippen molar-refractivity contribution in [3.05, 3.63) is 30.1 Å². The summed E-state index contributed by atoms with van der Waals surface area (Å²) < 4.78 is 12.5. The fourth-order valence-corrected chi connectivity index (χ4v) is 0.767. The molecule has 0 radical (unpaired) electrons. The maximum Gasteiger partial charge on any atom is 0.250 e. The third kappa shape index (κ3) is 2.32. The second-order valence-corrected chi connectivity index (χ2v) is 2.22. The molecule has 0 fully saturated rings. The SMILES string of the molecule is O=C(CO)Nc1cccc(F)c1. The molecule has 0 saturated heterocycles. The minimum atomic E-state index is -0.601. The van der Waals surface area contributed by atoms with E-state index in [1.165, 1.54) is 24.3 Å². The number of nitrogens with one attached hydrogen (secondary N) is 1. The molecule has 0 aliphatic carbocycles. The molecule has 0 aliphatic rings. The highest BCUT2D eigenvalue weighted by Gasteiger charge is 1.99. The van der Waals surface area contributed by atoms with Crippen LogP contribution >= 0.6 is 0 Å². The van der Waals surface area contributed by atoms with Gasteiger partial charge in [-0.2, -0.15) is 0 Å². The van der Waals surface area contributed by atoms with Crippen LogP contribution in [0.1, 0.15) is 0 Å². The molecule has 64 valence electrons. The molecule has 0 aromatic heterocycles. The van der Waals surface area contributed by atoms with E-state index >= 15 is 0 Å². The van der Waals surface area contributed by atoms with Gasteiger partial charge in [0.25, 0.3) is 0 Å². The molecule has 0 bridgehead atoms. The maximum atomic E-state index is 12.5. The smallest absolute Gasteiger partial charge is 0.250 e. The predicted molar refractivity (Wildman–Crippen MR) is 42.1 cm³/mol. The van der Waals surface area contributed by atoms with Crippen molar-refractivity contribution >= 4 is 11.6 Å². The number of carbonyl (C=O) groups excluding carboxylic acids is 1. The topological polar surface area (TPSA) is 49.3 Å². The number of benzene rings is 1. The van der Waals surface area contributed by atoms with Gasteiger partial charge in [0.2, 0.25) is 5.91 Å². The van der Waals surface area contributed by atoms with Crippen LogP contribution in [0.3, 0.4) is 0 Å². The van der Waals surface area contributed by atoms with Crippen LogP contribution in [0, 0.1) is 5.82 Å². The van der Waals surface area contributed by atoms with Crippen LogP contribution in [0.15, 0.2) is 24.3 Å². The van der Waals surface area contributed by atoms with Crippen LogP contribution in [0.2, 0.25) is 0 Å². The first-order chi connectivity index (χ1) is 5.72. The molecule has 0 atom stereocenters. The van der Waals surface area contributed by atoms with Gasteiger partial charge in [0.1, 0.15) is 12.4 Å². The van der Waals surface area contributed by atoms with Crippen molar-refractivity contribution < 1.29 is 14.3 Å². The van der Waals surface area contributed by atoms with E-state index < -0.39 is 18.3 Å². The quantitative estimate of drug-likeness (QED) is 0.686. The van der Waals surface area contributed by atoms with Gasteiger partial charge in [0, 0.05) is 5.69 Å². The average Bonchev–Trinajstić information content (AvgIpc) is 2.04. The normalized spacial score (nSPS) is 9.50. The molecule has 0 unspecified atom stereocenters.